The van der Waals surface area contributed by atoms with Crippen molar-refractivity contribution in [2.24, 2.45) is 5.41 Å². The average molecular weight is 304 g/mol. The standard InChI is InChI=1S/C17H24N2O3/c1-12(2)19-16(21)17(9-10-17)15(20)18-11-8-13-6-4-5-7-14(13)22-3/h4-7,12H,8-11H2,1-3H3,(H,18,20)(H,19,21). The molecular weight excluding hydrogens is 280 g/mol. The van der Waals surface area contributed by atoms with Crippen LogP contribution in [0.15, 0.2) is 24.3 Å². The molecule has 2 amide bonds. The Morgan fingerprint density at radius 3 is 2.50 bits per heavy atom. The van der Waals surface area contributed by atoms with E-state index in [1.807, 2.05) is 38.1 Å². The predicted molar refractivity (Wildman–Crippen MR) is 84.7 cm³/mol. The van der Waals surface area contributed by atoms with E-state index in [1.165, 1.54) is 0 Å². The highest BCUT2D eigenvalue weighted by atomic mass is 16.5. The quantitative estimate of drug-likeness (QED) is 0.753. The van der Waals surface area contributed by atoms with Gasteiger partial charge in [0.25, 0.3) is 0 Å². The molecule has 0 atom stereocenters. The Morgan fingerprint density at radius 2 is 1.91 bits per heavy atom. The van der Waals surface area contributed by atoms with Crippen molar-refractivity contribution in [3.05, 3.63) is 29.8 Å². The molecule has 0 saturated heterocycles. The van der Waals surface area contributed by atoms with Gasteiger partial charge in [0, 0.05) is 12.6 Å². The van der Waals surface area contributed by atoms with Crippen LogP contribution in [-0.4, -0.2) is 31.5 Å². The molecule has 1 aromatic rings. The zero-order valence-electron chi connectivity index (χ0n) is 13.4. The summed E-state index contributed by atoms with van der Waals surface area (Å²) in [5, 5.41) is 5.72. The molecule has 0 unspecified atom stereocenters. The van der Waals surface area contributed by atoms with Gasteiger partial charge >= 0.3 is 0 Å². The molecule has 120 valence electrons. The van der Waals surface area contributed by atoms with Crippen LogP contribution >= 0.6 is 0 Å². The number of nitrogens with one attached hydrogen (secondary N) is 2. The fourth-order valence-corrected chi connectivity index (χ4v) is 2.47. The van der Waals surface area contributed by atoms with Gasteiger partial charge in [-0.25, -0.2) is 0 Å². The highest BCUT2D eigenvalue weighted by Crippen LogP contribution is 2.46. The van der Waals surface area contributed by atoms with Crippen LogP contribution in [0.3, 0.4) is 0 Å². The normalized spacial score (nSPS) is 15.3. The second-order valence-electron chi connectivity index (χ2n) is 6.03. The smallest absolute Gasteiger partial charge is 0.235 e. The van der Waals surface area contributed by atoms with Crippen LogP contribution in [0, 0.1) is 5.41 Å². The molecule has 0 radical (unpaired) electrons. The van der Waals surface area contributed by atoms with E-state index in [1.54, 1.807) is 7.11 Å². The Morgan fingerprint density at radius 1 is 1.23 bits per heavy atom. The highest BCUT2D eigenvalue weighted by Gasteiger charge is 2.56. The van der Waals surface area contributed by atoms with Crippen molar-refractivity contribution in [2.45, 2.75) is 39.2 Å². The van der Waals surface area contributed by atoms with Crippen LogP contribution in [0.25, 0.3) is 0 Å². The molecule has 2 rings (SSSR count). The zero-order valence-corrected chi connectivity index (χ0v) is 13.4. The molecule has 1 fully saturated rings. The van der Waals surface area contributed by atoms with Crippen LogP contribution in [0.2, 0.25) is 0 Å². The minimum atomic E-state index is -0.842. The lowest BCUT2D eigenvalue weighted by Gasteiger charge is -2.17. The lowest BCUT2D eigenvalue weighted by atomic mass is 10.0. The Balaban J connectivity index is 1.87. The topological polar surface area (TPSA) is 67.4 Å². The Labute approximate surface area is 131 Å². The molecule has 5 heteroatoms. The fourth-order valence-electron chi connectivity index (χ4n) is 2.47. The second-order valence-corrected chi connectivity index (χ2v) is 6.03. The summed E-state index contributed by atoms with van der Waals surface area (Å²) < 4.78 is 5.29. The second kappa shape index (κ2) is 6.81. The van der Waals surface area contributed by atoms with Gasteiger partial charge in [-0.05, 0) is 44.7 Å². The monoisotopic (exact) mass is 304 g/mol. The maximum absolute atomic E-state index is 12.3. The number of carbonyl (C=O) groups is 2. The molecule has 1 aliphatic rings. The minimum Gasteiger partial charge on any atom is -0.496 e. The third-order valence-electron chi connectivity index (χ3n) is 3.91. The van der Waals surface area contributed by atoms with E-state index in [2.05, 4.69) is 10.6 Å². The van der Waals surface area contributed by atoms with Crippen molar-refractivity contribution < 1.29 is 14.3 Å². The molecule has 2 N–H and O–H groups in total. The van der Waals surface area contributed by atoms with Crippen molar-refractivity contribution in [2.75, 3.05) is 13.7 Å². The lowest BCUT2D eigenvalue weighted by molar-refractivity contribution is -0.137. The molecule has 0 bridgehead atoms. The van der Waals surface area contributed by atoms with Gasteiger partial charge in [-0.3, -0.25) is 9.59 Å². The van der Waals surface area contributed by atoms with Crippen LogP contribution in [-0.2, 0) is 16.0 Å². The fraction of sp³-hybridized carbons (Fsp3) is 0.529. The summed E-state index contributed by atoms with van der Waals surface area (Å²) in [6, 6.07) is 7.78. The maximum Gasteiger partial charge on any atom is 0.235 e. The number of amides is 2. The first kappa shape index (κ1) is 16.3. The van der Waals surface area contributed by atoms with Gasteiger partial charge in [0.1, 0.15) is 11.2 Å². The van der Waals surface area contributed by atoms with Crippen molar-refractivity contribution in [3.8, 4) is 5.75 Å². The average Bonchev–Trinajstić information content (AvgIpc) is 3.28. The van der Waals surface area contributed by atoms with Crippen molar-refractivity contribution in [3.63, 3.8) is 0 Å². The van der Waals surface area contributed by atoms with Gasteiger partial charge < -0.3 is 15.4 Å². The van der Waals surface area contributed by atoms with E-state index in [0.29, 0.717) is 25.8 Å². The molecule has 5 nitrogen and oxygen atoms in total. The lowest BCUT2D eigenvalue weighted by Crippen LogP contribution is -2.45. The number of para-hydroxylation sites is 1. The minimum absolute atomic E-state index is 0.0476. The van der Waals surface area contributed by atoms with E-state index >= 15 is 0 Å². The molecule has 1 aliphatic carbocycles. The molecule has 0 aromatic heterocycles. The van der Waals surface area contributed by atoms with Crippen molar-refractivity contribution in [1.82, 2.24) is 10.6 Å². The number of carbonyl (C=O) groups excluding carboxylic acids is 2. The van der Waals surface area contributed by atoms with Gasteiger partial charge in [-0.15, -0.1) is 0 Å². The van der Waals surface area contributed by atoms with Crippen LogP contribution in [0.4, 0.5) is 0 Å². The summed E-state index contributed by atoms with van der Waals surface area (Å²) in [5.74, 6) is 0.494. The zero-order chi connectivity index (χ0) is 16.2. The Bertz CT molecular complexity index is 551. The third-order valence-corrected chi connectivity index (χ3v) is 3.91. The molecule has 0 aliphatic heterocycles. The van der Waals surface area contributed by atoms with E-state index in [-0.39, 0.29) is 17.9 Å². The first-order valence-corrected chi connectivity index (χ1v) is 7.71. The summed E-state index contributed by atoms with van der Waals surface area (Å²) in [7, 11) is 1.63. The molecule has 0 spiro atoms. The van der Waals surface area contributed by atoms with Gasteiger partial charge in [0.15, 0.2) is 0 Å². The first-order valence-electron chi connectivity index (χ1n) is 7.71. The number of hydrogen-bond donors (Lipinski definition) is 2. The summed E-state index contributed by atoms with van der Waals surface area (Å²) in [5.41, 5.74) is 0.201. The molecule has 0 heterocycles. The summed E-state index contributed by atoms with van der Waals surface area (Å²) in [6.45, 7) is 4.29. The van der Waals surface area contributed by atoms with E-state index in [9.17, 15) is 9.59 Å². The predicted octanol–water partition coefficient (Wildman–Crippen LogP) is 1.66. The van der Waals surface area contributed by atoms with Crippen LogP contribution in [0.1, 0.15) is 32.3 Å². The number of methoxy groups -OCH3 is 1. The SMILES string of the molecule is COc1ccccc1CCNC(=O)C1(C(=O)NC(C)C)CC1. The third kappa shape index (κ3) is 3.59. The van der Waals surface area contributed by atoms with Crippen LogP contribution < -0.4 is 15.4 Å². The Kier molecular flexibility index (Phi) is 5.06. The molecule has 1 aromatic carbocycles. The van der Waals surface area contributed by atoms with Crippen molar-refractivity contribution >= 4 is 11.8 Å². The van der Waals surface area contributed by atoms with Gasteiger partial charge in [0.2, 0.25) is 11.8 Å². The van der Waals surface area contributed by atoms with Gasteiger partial charge in [-0.2, -0.15) is 0 Å². The van der Waals surface area contributed by atoms with E-state index in [0.717, 1.165) is 11.3 Å². The number of ether oxygens (including phenoxy) is 1. The van der Waals surface area contributed by atoms with Crippen molar-refractivity contribution in [1.29, 1.82) is 0 Å². The Hall–Kier alpha value is -2.04. The maximum atomic E-state index is 12.3. The number of rotatable bonds is 7. The first-order chi connectivity index (χ1) is 10.5. The highest BCUT2D eigenvalue weighted by molar-refractivity contribution is 6.07. The molecule has 22 heavy (non-hydrogen) atoms. The van der Waals surface area contributed by atoms with E-state index < -0.39 is 5.41 Å². The van der Waals surface area contributed by atoms with Gasteiger partial charge in [0.05, 0.1) is 7.11 Å². The summed E-state index contributed by atoms with van der Waals surface area (Å²) in [6.07, 6.45) is 1.94. The number of hydrogen-bond acceptors (Lipinski definition) is 3. The molecule has 1 saturated carbocycles. The summed E-state index contributed by atoms with van der Waals surface area (Å²) >= 11 is 0. The molecular formula is C17H24N2O3. The summed E-state index contributed by atoms with van der Waals surface area (Å²) in [4.78, 5) is 24.4. The largest absolute Gasteiger partial charge is 0.496 e. The van der Waals surface area contributed by atoms with Gasteiger partial charge in [-0.1, -0.05) is 18.2 Å². The van der Waals surface area contributed by atoms with Crippen LogP contribution in [0.5, 0.6) is 5.75 Å². The van der Waals surface area contributed by atoms with E-state index in [4.69, 9.17) is 4.74 Å². The number of benzene rings is 1.